The van der Waals surface area contributed by atoms with Gasteiger partial charge in [0, 0.05) is 26.0 Å². The van der Waals surface area contributed by atoms with E-state index in [2.05, 4.69) is 0 Å². The first-order chi connectivity index (χ1) is 16.7. The highest BCUT2D eigenvalue weighted by atomic mass is 32.2. The molecule has 0 saturated carbocycles. The summed E-state index contributed by atoms with van der Waals surface area (Å²) in [6.45, 7) is 14.9. The molecule has 0 aromatic rings. The Labute approximate surface area is 216 Å². The standard InChI is InChI=1S/C24H38O11S/c1-10(2)36-23-21(32-15(7)27)18(16(12(4)29-23)30-13(5)25)33-22-20-19(34-24(8,9)35-20)17(11(3)28-22)31-14(6)26/h10-12,16-23H,1-9H3/t11-,12-,16-,17-,18+,19+,20+,21+,22-,23-/m0/s1. The molecule has 3 aliphatic rings. The zero-order chi connectivity index (χ0) is 26.9. The summed E-state index contributed by atoms with van der Waals surface area (Å²) in [6.07, 6.45) is -7.08. The number of carbonyl (C=O) groups excluding carboxylic acids is 3. The van der Waals surface area contributed by atoms with E-state index in [-0.39, 0.29) is 5.25 Å². The fourth-order valence-electron chi connectivity index (χ4n) is 4.71. The maximum atomic E-state index is 12.1. The molecule has 0 aromatic heterocycles. The van der Waals surface area contributed by atoms with Gasteiger partial charge in [-0.05, 0) is 27.7 Å². The number of hydrogen-bond acceptors (Lipinski definition) is 12. The van der Waals surface area contributed by atoms with Gasteiger partial charge >= 0.3 is 17.9 Å². The predicted octanol–water partition coefficient (Wildman–Crippen LogP) is 2.32. The summed E-state index contributed by atoms with van der Waals surface area (Å²) in [4.78, 5) is 35.8. The SMILES string of the molecule is CC(=O)O[C@@H]1[C@@H](O[C@@H]2O[C@@H](C)[C@H](OC(C)=O)[C@H]3OC(C)(C)O[C@@H]23)[C@@H](OC(C)=O)[C@H](SC(C)C)O[C@H]1C. The Hall–Kier alpha value is -1.44. The van der Waals surface area contributed by atoms with E-state index in [9.17, 15) is 14.4 Å². The Morgan fingerprint density at radius 3 is 1.81 bits per heavy atom. The van der Waals surface area contributed by atoms with E-state index in [1.165, 1.54) is 32.5 Å². The van der Waals surface area contributed by atoms with Gasteiger partial charge in [-0.15, -0.1) is 11.8 Å². The third-order valence-electron chi connectivity index (χ3n) is 5.90. The van der Waals surface area contributed by atoms with Gasteiger partial charge < -0.3 is 37.9 Å². The number of fused-ring (bicyclic) bond motifs is 1. The summed E-state index contributed by atoms with van der Waals surface area (Å²) >= 11 is 1.47. The molecule has 3 rings (SSSR count). The van der Waals surface area contributed by atoms with Crippen LogP contribution in [0.2, 0.25) is 0 Å². The van der Waals surface area contributed by atoms with E-state index in [1.807, 2.05) is 13.8 Å². The van der Waals surface area contributed by atoms with Crippen LogP contribution >= 0.6 is 11.8 Å². The molecule has 0 spiro atoms. The van der Waals surface area contributed by atoms with Gasteiger partial charge in [0.2, 0.25) is 0 Å². The summed E-state index contributed by atoms with van der Waals surface area (Å²) in [6, 6.07) is 0. The summed E-state index contributed by atoms with van der Waals surface area (Å²) < 4.78 is 47.6. The molecule has 0 bridgehead atoms. The van der Waals surface area contributed by atoms with Gasteiger partial charge in [0.05, 0.1) is 12.2 Å². The molecule has 0 amide bonds. The molecule has 206 valence electrons. The van der Waals surface area contributed by atoms with E-state index in [4.69, 9.17) is 37.9 Å². The normalized spacial score (nSPS) is 39.8. The molecule has 11 nitrogen and oxygen atoms in total. The molecule has 0 aliphatic carbocycles. The van der Waals surface area contributed by atoms with Crippen LogP contribution in [0.3, 0.4) is 0 Å². The van der Waals surface area contributed by atoms with Crippen molar-refractivity contribution in [2.45, 2.75) is 134 Å². The second kappa shape index (κ2) is 11.5. The molecule has 36 heavy (non-hydrogen) atoms. The van der Waals surface area contributed by atoms with Crippen molar-refractivity contribution in [1.29, 1.82) is 0 Å². The highest BCUT2D eigenvalue weighted by Gasteiger charge is 2.59. The lowest BCUT2D eigenvalue weighted by atomic mass is 9.97. The lowest BCUT2D eigenvalue weighted by Gasteiger charge is -2.47. The van der Waals surface area contributed by atoms with Crippen LogP contribution in [0.1, 0.15) is 62.3 Å². The molecule has 3 heterocycles. The Balaban J connectivity index is 1.95. The Morgan fingerprint density at radius 2 is 1.25 bits per heavy atom. The van der Waals surface area contributed by atoms with E-state index >= 15 is 0 Å². The van der Waals surface area contributed by atoms with Crippen molar-refractivity contribution in [3.05, 3.63) is 0 Å². The van der Waals surface area contributed by atoms with Crippen LogP contribution < -0.4 is 0 Å². The zero-order valence-corrected chi connectivity index (χ0v) is 23.1. The van der Waals surface area contributed by atoms with Crippen LogP contribution in [-0.4, -0.2) is 89.5 Å². The highest BCUT2D eigenvalue weighted by Crippen LogP contribution is 2.42. The molecule has 3 aliphatic heterocycles. The van der Waals surface area contributed by atoms with E-state index < -0.39 is 84.3 Å². The van der Waals surface area contributed by atoms with Crippen LogP contribution in [0.5, 0.6) is 0 Å². The van der Waals surface area contributed by atoms with Crippen molar-refractivity contribution in [3.8, 4) is 0 Å². The van der Waals surface area contributed by atoms with Crippen LogP contribution in [0.25, 0.3) is 0 Å². The smallest absolute Gasteiger partial charge is 0.303 e. The minimum Gasteiger partial charge on any atom is -0.457 e. The van der Waals surface area contributed by atoms with Crippen molar-refractivity contribution < 1.29 is 52.3 Å². The zero-order valence-electron chi connectivity index (χ0n) is 22.2. The molecule has 10 atom stereocenters. The summed E-state index contributed by atoms with van der Waals surface area (Å²) in [7, 11) is 0. The van der Waals surface area contributed by atoms with E-state index in [0.717, 1.165) is 0 Å². The van der Waals surface area contributed by atoms with Crippen molar-refractivity contribution >= 4 is 29.7 Å². The first-order valence-corrected chi connectivity index (χ1v) is 13.1. The molecule has 3 saturated heterocycles. The summed E-state index contributed by atoms with van der Waals surface area (Å²) in [5.74, 6) is -2.53. The number of thioether (sulfide) groups is 1. The average molecular weight is 535 g/mol. The predicted molar refractivity (Wildman–Crippen MR) is 127 cm³/mol. The molecule has 0 unspecified atom stereocenters. The number of rotatable bonds is 7. The van der Waals surface area contributed by atoms with Gasteiger partial charge in [0.1, 0.15) is 23.7 Å². The molecule has 0 aromatic carbocycles. The van der Waals surface area contributed by atoms with Gasteiger partial charge in [0.15, 0.2) is 30.4 Å². The minimum absolute atomic E-state index is 0.151. The number of esters is 3. The Kier molecular flexibility index (Phi) is 9.32. The topological polar surface area (TPSA) is 125 Å². The van der Waals surface area contributed by atoms with Crippen LogP contribution in [0.15, 0.2) is 0 Å². The third-order valence-corrected chi connectivity index (χ3v) is 7.09. The quantitative estimate of drug-likeness (QED) is 0.351. The van der Waals surface area contributed by atoms with Gasteiger partial charge in [-0.3, -0.25) is 14.4 Å². The van der Waals surface area contributed by atoms with Gasteiger partial charge in [0.25, 0.3) is 0 Å². The molecule has 3 fully saturated rings. The maximum Gasteiger partial charge on any atom is 0.303 e. The Bertz CT molecular complexity index is 818. The van der Waals surface area contributed by atoms with Crippen molar-refractivity contribution in [1.82, 2.24) is 0 Å². The number of carbonyl (C=O) groups is 3. The maximum absolute atomic E-state index is 12.1. The second-order valence-electron chi connectivity index (χ2n) is 9.99. The minimum atomic E-state index is -1.00. The fourth-order valence-corrected chi connectivity index (χ4v) is 5.85. The average Bonchev–Trinajstić information content (AvgIpc) is 3.04. The largest absolute Gasteiger partial charge is 0.457 e. The van der Waals surface area contributed by atoms with Crippen molar-refractivity contribution in [2.24, 2.45) is 0 Å². The van der Waals surface area contributed by atoms with Crippen LogP contribution in [-0.2, 0) is 52.3 Å². The fraction of sp³-hybridized carbons (Fsp3) is 0.875. The van der Waals surface area contributed by atoms with E-state index in [0.29, 0.717) is 0 Å². The van der Waals surface area contributed by atoms with Gasteiger partial charge in [-0.1, -0.05) is 13.8 Å². The Morgan fingerprint density at radius 1 is 0.750 bits per heavy atom. The van der Waals surface area contributed by atoms with Gasteiger partial charge in [-0.2, -0.15) is 0 Å². The number of hydrogen-bond donors (Lipinski definition) is 0. The first kappa shape index (κ1) is 29.1. The molecule has 0 N–H and O–H groups in total. The van der Waals surface area contributed by atoms with Crippen LogP contribution in [0, 0.1) is 0 Å². The van der Waals surface area contributed by atoms with Gasteiger partial charge in [-0.25, -0.2) is 0 Å². The highest BCUT2D eigenvalue weighted by molar-refractivity contribution is 8.00. The second-order valence-corrected chi connectivity index (χ2v) is 11.7. The van der Waals surface area contributed by atoms with Crippen molar-refractivity contribution in [2.75, 3.05) is 0 Å². The number of ether oxygens (including phenoxy) is 8. The monoisotopic (exact) mass is 534 g/mol. The molecule has 0 radical (unpaired) electrons. The third kappa shape index (κ3) is 6.90. The molecular formula is C24H38O11S. The van der Waals surface area contributed by atoms with Crippen molar-refractivity contribution in [3.63, 3.8) is 0 Å². The summed E-state index contributed by atoms with van der Waals surface area (Å²) in [5.41, 5.74) is -0.580. The molecular weight excluding hydrogens is 496 g/mol. The first-order valence-electron chi connectivity index (χ1n) is 12.2. The lowest BCUT2D eigenvalue weighted by Crippen LogP contribution is -2.63. The van der Waals surface area contributed by atoms with E-state index in [1.54, 1.807) is 27.7 Å². The lowest BCUT2D eigenvalue weighted by molar-refractivity contribution is -0.320. The van der Waals surface area contributed by atoms with Crippen LogP contribution in [0.4, 0.5) is 0 Å². The summed E-state index contributed by atoms with van der Waals surface area (Å²) in [5, 5.41) is 0.151. The molecule has 12 heteroatoms.